The highest BCUT2D eigenvalue weighted by Gasteiger charge is 2.34. The number of hydrogen-bond donors (Lipinski definition) is 2. The summed E-state index contributed by atoms with van der Waals surface area (Å²) in [6.45, 7) is -0.364. The van der Waals surface area contributed by atoms with E-state index in [4.69, 9.17) is 0 Å². The Morgan fingerprint density at radius 1 is 1.09 bits per heavy atom. The minimum Gasteiger partial charge on any atom is -0.357 e. The molecule has 116 valence electrons. The van der Waals surface area contributed by atoms with Gasteiger partial charge in [0.25, 0.3) is 11.8 Å². The van der Waals surface area contributed by atoms with Gasteiger partial charge in [-0.25, -0.2) is 5.48 Å². The van der Waals surface area contributed by atoms with Crippen LogP contribution in [-0.2, 0) is 14.4 Å². The fourth-order valence-corrected chi connectivity index (χ4v) is 1.96. The fourth-order valence-electron chi connectivity index (χ4n) is 1.96. The van der Waals surface area contributed by atoms with Crippen molar-refractivity contribution in [2.45, 2.75) is 6.42 Å². The molecule has 1 aliphatic rings. The Balaban J connectivity index is 1.83. The quantitative estimate of drug-likeness (QED) is 0.543. The van der Waals surface area contributed by atoms with Crippen molar-refractivity contribution in [3.8, 4) is 0 Å². The van der Waals surface area contributed by atoms with E-state index in [1.807, 2.05) is 0 Å². The first-order valence-electron chi connectivity index (χ1n) is 6.61. The van der Waals surface area contributed by atoms with Gasteiger partial charge in [0.15, 0.2) is 6.61 Å². The molecule has 22 heavy (non-hydrogen) atoms. The molecule has 0 unspecified atom stereocenters. The van der Waals surface area contributed by atoms with E-state index < -0.39 is 17.7 Å². The van der Waals surface area contributed by atoms with Gasteiger partial charge in [-0.15, -0.1) is 0 Å². The van der Waals surface area contributed by atoms with Crippen LogP contribution < -0.4 is 10.8 Å². The van der Waals surface area contributed by atoms with E-state index in [-0.39, 0.29) is 25.5 Å². The van der Waals surface area contributed by atoms with Gasteiger partial charge < -0.3 is 5.32 Å². The first-order chi connectivity index (χ1) is 10.5. The predicted molar refractivity (Wildman–Crippen MR) is 74.6 cm³/mol. The molecule has 0 bridgehead atoms. The summed E-state index contributed by atoms with van der Waals surface area (Å²) in [5.74, 6) is -1.75. The SMILES string of the molecule is CNC(=O)CONC(=O)CCN1C(=O)c2ccccc2C1=O. The lowest BCUT2D eigenvalue weighted by Gasteiger charge is -2.13. The maximum Gasteiger partial charge on any atom is 0.261 e. The fraction of sp³-hybridized carbons (Fsp3) is 0.286. The first-order valence-corrected chi connectivity index (χ1v) is 6.61. The molecule has 0 atom stereocenters. The summed E-state index contributed by atoms with van der Waals surface area (Å²) in [7, 11) is 1.44. The molecule has 0 saturated carbocycles. The van der Waals surface area contributed by atoms with Crippen molar-refractivity contribution in [2.75, 3.05) is 20.2 Å². The van der Waals surface area contributed by atoms with E-state index in [1.165, 1.54) is 7.05 Å². The van der Waals surface area contributed by atoms with Gasteiger partial charge in [-0.2, -0.15) is 0 Å². The molecule has 0 radical (unpaired) electrons. The van der Waals surface area contributed by atoms with Crippen LogP contribution in [0.3, 0.4) is 0 Å². The van der Waals surface area contributed by atoms with E-state index in [2.05, 4.69) is 15.6 Å². The lowest BCUT2D eigenvalue weighted by molar-refractivity contribution is -0.139. The molecule has 1 aromatic rings. The number of carbonyl (C=O) groups excluding carboxylic acids is 4. The summed E-state index contributed by atoms with van der Waals surface area (Å²) in [5, 5.41) is 2.32. The van der Waals surface area contributed by atoms with Crippen molar-refractivity contribution >= 4 is 23.6 Å². The Labute approximate surface area is 126 Å². The number of likely N-dealkylation sites (N-methyl/N-ethyl adjacent to an activating group) is 1. The molecule has 8 heteroatoms. The molecule has 0 saturated heterocycles. The van der Waals surface area contributed by atoms with Gasteiger partial charge in [-0.1, -0.05) is 12.1 Å². The minimum absolute atomic E-state index is 0.0541. The molecular formula is C14H15N3O5. The van der Waals surface area contributed by atoms with Gasteiger partial charge in [0.2, 0.25) is 11.8 Å². The van der Waals surface area contributed by atoms with E-state index in [1.54, 1.807) is 24.3 Å². The van der Waals surface area contributed by atoms with Gasteiger partial charge in [0.1, 0.15) is 0 Å². The second kappa shape index (κ2) is 6.81. The average molecular weight is 305 g/mol. The van der Waals surface area contributed by atoms with E-state index in [0.717, 1.165) is 4.90 Å². The standard InChI is InChI=1S/C14H15N3O5/c1-15-12(19)8-22-16-11(18)6-7-17-13(20)9-4-2-3-5-10(9)14(17)21/h2-5H,6-8H2,1H3,(H,15,19)(H,16,18). The molecule has 1 aliphatic heterocycles. The van der Waals surface area contributed by atoms with Crippen LogP contribution in [0.2, 0.25) is 0 Å². The van der Waals surface area contributed by atoms with Crippen LogP contribution in [-0.4, -0.2) is 48.7 Å². The third-order valence-corrected chi connectivity index (χ3v) is 3.11. The number of benzene rings is 1. The highest BCUT2D eigenvalue weighted by molar-refractivity contribution is 6.21. The summed E-state index contributed by atoms with van der Waals surface area (Å²) in [5.41, 5.74) is 2.75. The maximum absolute atomic E-state index is 12.1. The third-order valence-electron chi connectivity index (χ3n) is 3.11. The number of amides is 4. The average Bonchev–Trinajstić information content (AvgIpc) is 2.77. The number of nitrogens with one attached hydrogen (secondary N) is 2. The van der Waals surface area contributed by atoms with Crippen molar-refractivity contribution in [2.24, 2.45) is 0 Å². The number of hydroxylamine groups is 1. The van der Waals surface area contributed by atoms with Gasteiger partial charge in [0, 0.05) is 20.0 Å². The summed E-state index contributed by atoms with van der Waals surface area (Å²) >= 11 is 0. The van der Waals surface area contributed by atoms with Gasteiger partial charge in [-0.3, -0.25) is 28.9 Å². The first kappa shape index (κ1) is 15.6. The predicted octanol–water partition coefficient (Wildman–Crippen LogP) is -0.533. The lowest BCUT2D eigenvalue weighted by Crippen LogP contribution is -2.36. The number of nitrogens with zero attached hydrogens (tertiary/aromatic N) is 1. The van der Waals surface area contributed by atoms with Crippen LogP contribution in [0.1, 0.15) is 27.1 Å². The van der Waals surface area contributed by atoms with Crippen LogP contribution >= 0.6 is 0 Å². The summed E-state index contributed by atoms with van der Waals surface area (Å²) in [4.78, 5) is 52.2. The van der Waals surface area contributed by atoms with Crippen LogP contribution in [0.15, 0.2) is 24.3 Å². The summed E-state index contributed by atoms with van der Waals surface area (Å²) in [6, 6.07) is 6.49. The Morgan fingerprint density at radius 3 is 2.23 bits per heavy atom. The molecule has 2 N–H and O–H groups in total. The normalized spacial score (nSPS) is 13.0. The van der Waals surface area contributed by atoms with E-state index in [9.17, 15) is 19.2 Å². The molecule has 0 aromatic heterocycles. The maximum atomic E-state index is 12.1. The second-order valence-corrected chi connectivity index (χ2v) is 4.54. The molecule has 1 heterocycles. The molecule has 8 nitrogen and oxygen atoms in total. The highest BCUT2D eigenvalue weighted by Crippen LogP contribution is 2.22. The van der Waals surface area contributed by atoms with E-state index in [0.29, 0.717) is 11.1 Å². The number of carbonyl (C=O) groups is 4. The number of hydrogen-bond acceptors (Lipinski definition) is 5. The third kappa shape index (κ3) is 3.29. The van der Waals surface area contributed by atoms with Gasteiger partial charge in [0.05, 0.1) is 11.1 Å². The van der Waals surface area contributed by atoms with Gasteiger partial charge in [-0.05, 0) is 12.1 Å². The van der Waals surface area contributed by atoms with Crippen LogP contribution in [0, 0.1) is 0 Å². The molecule has 0 aliphatic carbocycles. The highest BCUT2D eigenvalue weighted by atomic mass is 16.7. The van der Waals surface area contributed by atoms with Crippen LogP contribution in [0.4, 0.5) is 0 Å². The zero-order valence-electron chi connectivity index (χ0n) is 11.9. The molecule has 2 rings (SSSR count). The van der Waals surface area contributed by atoms with Crippen molar-refractivity contribution < 1.29 is 24.0 Å². The Bertz CT molecular complexity index is 594. The smallest absolute Gasteiger partial charge is 0.261 e. The largest absolute Gasteiger partial charge is 0.357 e. The number of rotatable bonds is 6. The van der Waals surface area contributed by atoms with Crippen molar-refractivity contribution in [3.05, 3.63) is 35.4 Å². The lowest BCUT2D eigenvalue weighted by atomic mass is 10.1. The monoisotopic (exact) mass is 305 g/mol. The Morgan fingerprint density at radius 2 is 1.68 bits per heavy atom. The summed E-state index contributed by atoms with van der Waals surface area (Å²) in [6.07, 6.45) is -0.112. The molecule has 4 amide bonds. The minimum atomic E-state index is -0.527. The van der Waals surface area contributed by atoms with Crippen molar-refractivity contribution in [3.63, 3.8) is 0 Å². The van der Waals surface area contributed by atoms with Crippen LogP contribution in [0.5, 0.6) is 0 Å². The summed E-state index contributed by atoms with van der Waals surface area (Å²) < 4.78 is 0. The van der Waals surface area contributed by atoms with Crippen molar-refractivity contribution in [1.82, 2.24) is 15.7 Å². The molecular weight excluding hydrogens is 290 g/mol. The number of imide groups is 1. The zero-order valence-corrected chi connectivity index (χ0v) is 11.9. The van der Waals surface area contributed by atoms with E-state index >= 15 is 0 Å². The molecule has 1 aromatic carbocycles. The second-order valence-electron chi connectivity index (χ2n) is 4.54. The Kier molecular flexibility index (Phi) is 4.84. The molecule has 0 fully saturated rings. The van der Waals surface area contributed by atoms with Gasteiger partial charge >= 0.3 is 0 Å². The topological polar surface area (TPSA) is 105 Å². The van der Waals surface area contributed by atoms with Crippen LogP contribution in [0.25, 0.3) is 0 Å². The van der Waals surface area contributed by atoms with Crippen molar-refractivity contribution in [1.29, 1.82) is 0 Å². The molecule has 0 spiro atoms. The Hall–Kier alpha value is -2.74. The number of fused-ring (bicyclic) bond motifs is 1. The zero-order chi connectivity index (χ0) is 16.1.